The molecule has 0 bridgehead atoms. The Labute approximate surface area is 508 Å². The number of aliphatic hydroxyl groups excluding tert-OH is 15. The summed E-state index contributed by atoms with van der Waals surface area (Å²) in [7, 11) is 0. The van der Waals surface area contributed by atoms with Crippen molar-refractivity contribution in [1.29, 1.82) is 0 Å². The van der Waals surface area contributed by atoms with E-state index in [0.717, 1.165) is 12.5 Å². The third-order valence-corrected chi connectivity index (χ3v) is 22.9. The zero-order valence-corrected chi connectivity index (χ0v) is 50.7. The van der Waals surface area contributed by atoms with Crippen LogP contribution in [0.15, 0.2) is 11.6 Å². The molecule has 0 spiro atoms. The van der Waals surface area contributed by atoms with E-state index in [1.54, 1.807) is 0 Å². The van der Waals surface area contributed by atoms with E-state index < -0.39 is 244 Å². The van der Waals surface area contributed by atoms with Gasteiger partial charge in [-0.15, -0.1) is 0 Å². The van der Waals surface area contributed by atoms with Gasteiger partial charge in [0.15, 0.2) is 37.4 Å². The Bertz CT molecular complexity index is 2500. The van der Waals surface area contributed by atoms with E-state index in [4.69, 9.17) is 52.1 Å². The number of allylic oxidation sites excluding steroid dienone is 2. The SMILES string of the molecule is CC(=O)O[C@H]1[C@H](O[C@H]2[C@H](OC(=O)[C@]34CCC(C)(C)C[C@H]3C3=CC[C@@H]5[C@@]6(C)C[C@H](O)[C@H](O[C@@H]7O[C@H](CO)[C@@H](O)[C@H](O)[C@H]7O)C(CO)(CO)[C@@H]6CC[C@@]5(C)[C@]3(C)C[C@H]4O)OC[C@H](O)[C@@H]2O)O[C@@H](C)[C@H](O[C@@H]2OC[C@@H](O)[C@H](O[C@@H]3OC[C@](O)(CO)[C@H]3O)[C@H]2O)[C@H]1O. The number of hydrogen-bond acceptors (Lipinski definition) is 29. The Morgan fingerprint density at radius 2 is 1.26 bits per heavy atom. The number of esters is 2. The lowest BCUT2D eigenvalue weighted by atomic mass is 9.33. The number of carbonyl (C=O) groups excluding carboxylic acids is 2. The summed E-state index contributed by atoms with van der Waals surface area (Å²) in [6.07, 6.45) is -33.2. The Kier molecular flexibility index (Phi) is 19.6. The smallest absolute Gasteiger partial charge is 0.317 e. The van der Waals surface area contributed by atoms with Crippen molar-refractivity contribution in [1.82, 2.24) is 0 Å². The summed E-state index contributed by atoms with van der Waals surface area (Å²) in [5.41, 5.74) is -7.00. The molecule has 29 nitrogen and oxygen atoms in total. The molecule has 4 saturated carbocycles. The van der Waals surface area contributed by atoms with E-state index in [9.17, 15) is 86.5 Å². The first kappa shape index (κ1) is 68.5. The van der Waals surface area contributed by atoms with Gasteiger partial charge >= 0.3 is 11.9 Å². The Morgan fingerprint density at radius 1 is 0.602 bits per heavy atom. The number of ether oxygens (including phenoxy) is 11. The Balaban J connectivity index is 0.886. The van der Waals surface area contributed by atoms with Gasteiger partial charge in [-0.3, -0.25) is 9.59 Å². The lowest BCUT2D eigenvalue weighted by molar-refractivity contribution is -0.372. The third kappa shape index (κ3) is 11.1. The van der Waals surface area contributed by atoms with Gasteiger partial charge in [0.2, 0.25) is 6.29 Å². The summed E-state index contributed by atoms with van der Waals surface area (Å²) in [5, 5.41) is 178. The van der Waals surface area contributed by atoms with Crippen molar-refractivity contribution in [3.8, 4) is 0 Å². The van der Waals surface area contributed by atoms with Crippen LogP contribution < -0.4 is 0 Å². The van der Waals surface area contributed by atoms with Crippen LogP contribution in [0.4, 0.5) is 0 Å². The van der Waals surface area contributed by atoms with Crippen molar-refractivity contribution in [2.45, 2.75) is 247 Å². The summed E-state index contributed by atoms with van der Waals surface area (Å²) in [6, 6.07) is 0. The van der Waals surface area contributed by atoms with E-state index in [0.29, 0.717) is 32.1 Å². The van der Waals surface area contributed by atoms with Gasteiger partial charge in [-0.2, -0.15) is 0 Å². The molecule has 5 saturated heterocycles. The molecule has 29 heteroatoms. The highest BCUT2D eigenvalue weighted by Gasteiger charge is 2.74. The first-order valence-corrected chi connectivity index (χ1v) is 30.8. The zero-order chi connectivity index (χ0) is 64.3. The lowest BCUT2D eigenvalue weighted by Gasteiger charge is -2.72. The maximum absolute atomic E-state index is 15.6. The molecule has 0 aromatic heterocycles. The number of aliphatic hydroxyl groups is 16. The number of rotatable bonds is 15. The predicted octanol–water partition coefficient (Wildman–Crippen LogP) is -4.81. The number of fused-ring (bicyclic) bond motifs is 7. The molecule has 0 amide bonds. The summed E-state index contributed by atoms with van der Waals surface area (Å²) in [6.45, 7) is 8.32. The first-order valence-electron chi connectivity index (χ1n) is 30.8. The van der Waals surface area contributed by atoms with Crippen LogP contribution in [0.1, 0.15) is 99.8 Å². The fourth-order valence-corrected chi connectivity index (χ4v) is 17.7. The maximum Gasteiger partial charge on any atom is 0.317 e. The normalized spacial score (nSPS) is 52.5. The van der Waals surface area contributed by atoms with Crippen LogP contribution in [0.3, 0.4) is 0 Å². The Hall–Kier alpha value is -2.32. The number of hydrogen-bond donors (Lipinski definition) is 16. The van der Waals surface area contributed by atoms with Gasteiger partial charge in [-0.05, 0) is 97.7 Å². The highest BCUT2D eigenvalue weighted by molar-refractivity contribution is 5.80. The van der Waals surface area contributed by atoms with Crippen LogP contribution in [0.25, 0.3) is 0 Å². The summed E-state index contributed by atoms with van der Waals surface area (Å²) < 4.78 is 64.7. The minimum absolute atomic E-state index is 0.0607. The highest BCUT2D eigenvalue weighted by atomic mass is 16.8. The molecule has 10 rings (SSSR count). The van der Waals surface area contributed by atoms with Crippen LogP contribution in [-0.4, -0.2) is 287 Å². The summed E-state index contributed by atoms with van der Waals surface area (Å²) in [5.74, 6) is -3.26. The molecule has 5 aliphatic heterocycles. The maximum atomic E-state index is 15.6. The van der Waals surface area contributed by atoms with Crippen LogP contribution >= 0.6 is 0 Å². The van der Waals surface area contributed by atoms with Crippen molar-refractivity contribution >= 4 is 11.9 Å². The van der Waals surface area contributed by atoms with Crippen molar-refractivity contribution in [3.05, 3.63) is 11.6 Å². The topological polar surface area (TPSA) is 459 Å². The summed E-state index contributed by atoms with van der Waals surface area (Å²) >= 11 is 0. The van der Waals surface area contributed by atoms with Crippen LogP contribution in [0.5, 0.6) is 0 Å². The number of carbonyl (C=O) groups is 2. The van der Waals surface area contributed by atoms with E-state index in [1.165, 1.54) is 6.92 Å². The third-order valence-electron chi connectivity index (χ3n) is 22.9. The zero-order valence-electron chi connectivity index (χ0n) is 50.7. The Morgan fingerprint density at radius 3 is 1.91 bits per heavy atom. The van der Waals surface area contributed by atoms with Gasteiger partial charge in [0.1, 0.15) is 84.3 Å². The van der Waals surface area contributed by atoms with Crippen LogP contribution in [-0.2, 0) is 61.7 Å². The molecule has 0 unspecified atom stereocenters. The van der Waals surface area contributed by atoms with E-state index >= 15 is 4.79 Å². The molecule has 5 heterocycles. The van der Waals surface area contributed by atoms with Crippen LogP contribution in [0.2, 0.25) is 0 Å². The fourth-order valence-electron chi connectivity index (χ4n) is 17.7. The van der Waals surface area contributed by atoms with E-state index in [1.807, 2.05) is 6.92 Å². The average Bonchev–Trinajstić information content (AvgIpc) is 0.732. The second kappa shape index (κ2) is 25.1. The molecule has 0 radical (unpaired) electrons. The molecule has 16 N–H and O–H groups in total. The molecule has 31 atom stereocenters. The molecule has 5 aliphatic carbocycles. The molecule has 504 valence electrons. The standard InChI is InChI=1S/C59H94O29/c1-24-41(84-47-40(74)42(30(67)19-78-47)85-51-45(75)58(77,22-63)23-80-51)39(73)44(82-25(2)64)50(81-24)86-43-35(69)29(66)18-79-49(43)88-52(76)59-13-12-53(3,4)14-27(59)26-8-9-32-54(5)15-28(65)46(87-48-38(72)37(71)36(70)31(17-60)83-48)57(20-61,21-62)33(54)10-11-55(32,6)56(26,7)16-34(59)68/h8,24,27-51,60-63,65-75,77H,9-23H2,1-7H3/t24-,27-,28-,29-,30+,31+,32+,33+,34+,35-,36+,37-,38+,39+,40+,41-,42-,43+,44+,45-,46-,47-,48-,49-,50-,51-,54+,55+,56+,58+,59+/m0/s1. The van der Waals surface area contributed by atoms with Crippen molar-refractivity contribution < 1.29 is 143 Å². The molecular weight excluding hydrogens is 1170 g/mol. The molecule has 88 heavy (non-hydrogen) atoms. The second-order valence-corrected chi connectivity index (χ2v) is 28.4. The fraction of sp³-hybridized carbons (Fsp3) is 0.932. The predicted molar refractivity (Wildman–Crippen MR) is 291 cm³/mol. The molecule has 10 aliphatic rings. The van der Waals surface area contributed by atoms with Gasteiger partial charge in [0.05, 0.1) is 70.7 Å². The monoisotopic (exact) mass is 1270 g/mol. The van der Waals surface area contributed by atoms with E-state index in [-0.39, 0.29) is 30.6 Å². The quantitative estimate of drug-likeness (QED) is 0.0416. The highest BCUT2D eigenvalue weighted by Crippen LogP contribution is 2.76. The minimum atomic E-state index is -2.10. The van der Waals surface area contributed by atoms with Gasteiger partial charge < -0.3 is 134 Å². The second-order valence-electron chi connectivity index (χ2n) is 28.4. The van der Waals surface area contributed by atoms with Gasteiger partial charge in [0.25, 0.3) is 0 Å². The lowest BCUT2D eigenvalue weighted by Crippen LogP contribution is -2.71. The van der Waals surface area contributed by atoms with Gasteiger partial charge in [-0.25, -0.2) is 0 Å². The van der Waals surface area contributed by atoms with Crippen molar-refractivity contribution in [2.75, 3.05) is 46.2 Å². The van der Waals surface area contributed by atoms with Crippen molar-refractivity contribution in [3.63, 3.8) is 0 Å². The largest absolute Gasteiger partial charge is 0.454 e. The minimum Gasteiger partial charge on any atom is -0.454 e. The van der Waals surface area contributed by atoms with Gasteiger partial charge in [-0.1, -0.05) is 46.3 Å². The summed E-state index contributed by atoms with van der Waals surface area (Å²) in [4.78, 5) is 28.3. The first-order chi connectivity index (χ1) is 41.3. The van der Waals surface area contributed by atoms with E-state index in [2.05, 4.69) is 33.8 Å². The molecular formula is C59H94O29. The van der Waals surface area contributed by atoms with Gasteiger partial charge in [0, 0.05) is 12.3 Å². The molecule has 9 fully saturated rings. The van der Waals surface area contributed by atoms with Crippen LogP contribution in [0, 0.1) is 50.2 Å². The molecule has 0 aromatic rings. The average molecular weight is 1270 g/mol. The molecule has 0 aromatic carbocycles. The van der Waals surface area contributed by atoms with Crippen molar-refractivity contribution in [2.24, 2.45) is 50.2 Å².